The van der Waals surface area contributed by atoms with E-state index in [0.717, 1.165) is 12.0 Å². The molecule has 114 valence electrons. The summed E-state index contributed by atoms with van der Waals surface area (Å²) in [6.07, 6.45) is 1.89. The molecule has 2 rings (SSSR count). The molecule has 0 aromatic heterocycles. The number of hydrogen-bond acceptors (Lipinski definition) is 4. The summed E-state index contributed by atoms with van der Waals surface area (Å²) in [7, 11) is 0. The highest BCUT2D eigenvalue weighted by atomic mass is 16.6. The molecule has 0 bridgehead atoms. The second-order valence-electron chi connectivity index (χ2n) is 6.20. The Morgan fingerprint density at radius 1 is 1.38 bits per heavy atom. The zero-order valence-corrected chi connectivity index (χ0v) is 12.7. The van der Waals surface area contributed by atoms with Crippen LogP contribution in [0.15, 0.2) is 12.1 Å². The summed E-state index contributed by atoms with van der Waals surface area (Å²) in [6, 6.07) is 3.24. The average molecular weight is 291 g/mol. The van der Waals surface area contributed by atoms with Gasteiger partial charge >= 0.3 is 0 Å². The predicted molar refractivity (Wildman–Crippen MR) is 82.6 cm³/mol. The molecule has 1 aromatic rings. The summed E-state index contributed by atoms with van der Waals surface area (Å²) in [5, 5.41) is 17.2. The number of carbonyl (C=O) groups excluding carboxylic acids is 1. The molecule has 0 fully saturated rings. The number of fused-ring (bicyclic) bond motifs is 1. The van der Waals surface area contributed by atoms with E-state index in [1.165, 1.54) is 0 Å². The number of rotatable bonds is 5. The summed E-state index contributed by atoms with van der Waals surface area (Å²) < 4.78 is 0. The normalized spacial score (nSPS) is 14.3. The van der Waals surface area contributed by atoms with Crippen molar-refractivity contribution in [3.8, 4) is 0 Å². The number of hydrogen-bond donors (Lipinski definition) is 2. The molecular weight excluding hydrogens is 270 g/mol. The molecule has 1 heterocycles. The van der Waals surface area contributed by atoms with E-state index in [2.05, 4.69) is 31.4 Å². The van der Waals surface area contributed by atoms with Crippen LogP contribution in [-0.4, -0.2) is 17.4 Å². The van der Waals surface area contributed by atoms with Crippen molar-refractivity contribution in [1.82, 2.24) is 0 Å². The highest BCUT2D eigenvalue weighted by Gasteiger charge is 2.24. The first-order chi connectivity index (χ1) is 9.82. The van der Waals surface area contributed by atoms with Crippen molar-refractivity contribution in [2.45, 2.75) is 40.0 Å². The van der Waals surface area contributed by atoms with E-state index >= 15 is 0 Å². The van der Waals surface area contributed by atoms with Gasteiger partial charge in [-0.1, -0.05) is 20.8 Å². The van der Waals surface area contributed by atoms with E-state index in [1.54, 1.807) is 12.1 Å². The van der Waals surface area contributed by atoms with Crippen molar-refractivity contribution in [1.29, 1.82) is 0 Å². The van der Waals surface area contributed by atoms with E-state index < -0.39 is 0 Å². The van der Waals surface area contributed by atoms with Crippen LogP contribution >= 0.6 is 0 Å². The van der Waals surface area contributed by atoms with E-state index in [1.807, 2.05) is 0 Å². The molecule has 6 nitrogen and oxygen atoms in total. The van der Waals surface area contributed by atoms with Crippen molar-refractivity contribution >= 4 is 23.0 Å². The molecule has 0 atom stereocenters. The SMILES string of the molecule is CCC(C)(C)CNc1cc2c(cc1[N+](=O)[O-])CCC(=O)N2. The Labute approximate surface area is 124 Å². The van der Waals surface area contributed by atoms with Crippen LogP contribution in [0.1, 0.15) is 39.2 Å². The van der Waals surface area contributed by atoms with Gasteiger partial charge in [-0.3, -0.25) is 14.9 Å². The highest BCUT2D eigenvalue weighted by molar-refractivity contribution is 5.95. The molecule has 0 saturated heterocycles. The Morgan fingerprint density at radius 2 is 2.10 bits per heavy atom. The third-order valence-corrected chi connectivity index (χ3v) is 4.03. The van der Waals surface area contributed by atoms with Gasteiger partial charge < -0.3 is 10.6 Å². The Morgan fingerprint density at radius 3 is 2.71 bits per heavy atom. The summed E-state index contributed by atoms with van der Waals surface area (Å²) in [4.78, 5) is 22.3. The molecule has 1 aliphatic rings. The molecule has 1 aliphatic heterocycles. The number of nitro benzene ring substituents is 1. The lowest BCUT2D eigenvalue weighted by Gasteiger charge is -2.24. The second kappa shape index (κ2) is 5.71. The van der Waals surface area contributed by atoms with Crippen molar-refractivity contribution in [2.24, 2.45) is 5.41 Å². The first kappa shape index (κ1) is 15.3. The number of nitrogens with zero attached hydrogens (tertiary/aromatic N) is 1. The highest BCUT2D eigenvalue weighted by Crippen LogP contribution is 2.35. The Kier molecular flexibility index (Phi) is 4.16. The molecule has 1 aromatic carbocycles. The number of benzene rings is 1. The maximum absolute atomic E-state index is 11.5. The van der Waals surface area contributed by atoms with Gasteiger partial charge in [-0.15, -0.1) is 0 Å². The molecule has 0 spiro atoms. The first-order valence-electron chi connectivity index (χ1n) is 7.17. The smallest absolute Gasteiger partial charge is 0.292 e. The lowest BCUT2D eigenvalue weighted by molar-refractivity contribution is -0.384. The van der Waals surface area contributed by atoms with E-state index in [-0.39, 0.29) is 21.9 Å². The van der Waals surface area contributed by atoms with Crippen LogP contribution in [-0.2, 0) is 11.2 Å². The summed E-state index contributed by atoms with van der Waals surface area (Å²) in [5.74, 6) is -0.0452. The number of anilines is 2. The Hall–Kier alpha value is -2.11. The van der Waals surface area contributed by atoms with Gasteiger partial charge in [0.05, 0.1) is 4.92 Å². The van der Waals surface area contributed by atoms with Gasteiger partial charge in [0.15, 0.2) is 0 Å². The van der Waals surface area contributed by atoms with Crippen LogP contribution in [0, 0.1) is 15.5 Å². The van der Waals surface area contributed by atoms with Crippen LogP contribution in [0.5, 0.6) is 0 Å². The number of carbonyl (C=O) groups is 1. The number of nitrogens with one attached hydrogen (secondary N) is 2. The molecule has 21 heavy (non-hydrogen) atoms. The minimum atomic E-state index is -0.377. The fourth-order valence-electron chi connectivity index (χ4n) is 2.17. The summed E-state index contributed by atoms with van der Waals surface area (Å²) in [6.45, 7) is 6.93. The molecule has 0 radical (unpaired) electrons. The zero-order valence-electron chi connectivity index (χ0n) is 12.7. The van der Waals surface area contributed by atoms with Gasteiger partial charge in [-0.25, -0.2) is 0 Å². The van der Waals surface area contributed by atoms with Crippen LogP contribution < -0.4 is 10.6 Å². The molecular formula is C15H21N3O3. The summed E-state index contributed by atoms with van der Waals surface area (Å²) >= 11 is 0. The largest absolute Gasteiger partial charge is 0.379 e. The van der Waals surface area contributed by atoms with E-state index in [9.17, 15) is 14.9 Å². The number of nitro groups is 1. The van der Waals surface area contributed by atoms with Crippen molar-refractivity contribution in [3.05, 3.63) is 27.8 Å². The number of amides is 1. The third-order valence-electron chi connectivity index (χ3n) is 4.03. The van der Waals surface area contributed by atoms with Crippen LogP contribution in [0.2, 0.25) is 0 Å². The van der Waals surface area contributed by atoms with Crippen molar-refractivity contribution in [3.63, 3.8) is 0 Å². The minimum absolute atomic E-state index is 0.0452. The molecule has 0 aliphatic carbocycles. The summed E-state index contributed by atoms with van der Waals surface area (Å²) in [5.41, 5.74) is 2.07. The van der Waals surface area contributed by atoms with E-state index in [0.29, 0.717) is 30.8 Å². The first-order valence-corrected chi connectivity index (χ1v) is 7.17. The molecule has 6 heteroatoms. The quantitative estimate of drug-likeness (QED) is 0.643. The molecule has 0 unspecified atom stereocenters. The van der Waals surface area contributed by atoms with Crippen LogP contribution in [0.4, 0.5) is 17.1 Å². The lowest BCUT2D eigenvalue weighted by Crippen LogP contribution is -2.23. The molecule has 0 saturated carbocycles. The van der Waals surface area contributed by atoms with Gasteiger partial charge in [0.25, 0.3) is 5.69 Å². The maximum Gasteiger partial charge on any atom is 0.292 e. The van der Waals surface area contributed by atoms with Crippen molar-refractivity contribution < 1.29 is 9.72 Å². The van der Waals surface area contributed by atoms with Crippen molar-refractivity contribution in [2.75, 3.05) is 17.2 Å². The van der Waals surface area contributed by atoms with Gasteiger partial charge in [0.2, 0.25) is 5.91 Å². The predicted octanol–water partition coefficient (Wildman–Crippen LogP) is 3.33. The van der Waals surface area contributed by atoms with Crippen LogP contribution in [0.25, 0.3) is 0 Å². The topological polar surface area (TPSA) is 84.3 Å². The lowest BCUT2D eigenvalue weighted by atomic mass is 9.90. The molecule has 2 N–H and O–H groups in total. The maximum atomic E-state index is 11.5. The van der Waals surface area contributed by atoms with Gasteiger partial charge in [-0.2, -0.15) is 0 Å². The van der Waals surface area contributed by atoms with Crippen LogP contribution in [0.3, 0.4) is 0 Å². The standard InChI is InChI=1S/C15H21N3O3/c1-4-15(2,3)9-16-12-8-11-10(5-6-14(19)17-11)7-13(12)18(20)21/h7-8,16H,4-6,9H2,1-3H3,(H,17,19). The fraction of sp³-hybridized carbons (Fsp3) is 0.533. The Balaban J connectivity index is 2.32. The number of aryl methyl sites for hydroxylation is 1. The third kappa shape index (κ3) is 3.51. The van der Waals surface area contributed by atoms with Gasteiger partial charge in [0.1, 0.15) is 5.69 Å². The monoisotopic (exact) mass is 291 g/mol. The average Bonchev–Trinajstić information content (AvgIpc) is 2.44. The van der Waals surface area contributed by atoms with E-state index in [4.69, 9.17) is 0 Å². The fourth-order valence-corrected chi connectivity index (χ4v) is 2.17. The van der Waals surface area contributed by atoms with Gasteiger partial charge in [-0.05, 0) is 29.9 Å². The van der Waals surface area contributed by atoms with Gasteiger partial charge in [0, 0.05) is 24.7 Å². The Bertz CT molecular complexity index is 582. The zero-order chi connectivity index (χ0) is 15.6. The molecule has 1 amide bonds. The minimum Gasteiger partial charge on any atom is -0.379 e. The second-order valence-corrected chi connectivity index (χ2v) is 6.20.